The summed E-state index contributed by atoms with van der Waals surface area (Å²) in [5.41, 5.74) is 1.82. The molecule has 18 heavy (non-hydrogen) atoms. The van der Waals surface area contributed by atoms with Gasteiger partial charge in [0.1, 0.15) is 5.75 Å². The number of ether oxygens (including phenoxy) is 1. The topological polar surface area (TPSA) is 21.3 Å². The van der Waals surface area contributed by atoms with Crippen LogP contribution in [-0.2, 0) is 5.41 Å². The summed E-state index contributed by atoms with van der Waals surface area (Å²) in [4.78, 5) is 0. The van der Waals surface area contributed by atoms with Crippen LogP contribution in [0.4, 0.5) is 0 Å². The van der Waals surface area contributed by atoms with Gasteiger partial charge in [0.05, 0.1) is 6.61 Å². The highest BCUT2D eigenvalue weighted by atomic mass is 16.5. The highest BCUT2D eigenvalue weighted by Gasteiger charge is 2.43. The third-order valence-electron chi connectivity index (χ3n) is 4.23. The van der Waals surface area contributed by atoms with Crippen molar-refractivity contribution in [2.24, 2.45) is 5.92 Å². The van der Waals surface area contributed by atoms with Gasteiger partial charge in [0.2, 0.25) is 0 Å². The second kappa shape index (κ2) is 5.75. The largest absolute Gasteiger partial charge is 0.494 e. The van der Waals surface area contributed by atoms with Gasteiger partial charge in [0, 0.05) is 12.0 Å². The summed E-state index contributed by atoms with van der Waals surface area (Å²) < 4.78 is 5.51. The summed E-state index contributed by atoms with van der Waals surface area (Å²) in [5, 5.41) is 3.36. The van der Waals surface area contributed by atoms with E-state index in [0.29, 0.717) is 5.41 Å². The minimum absolute atomic E-state index is 0.361. The summed E-state index contributed by atoms with van der Waals surface area (Å²) in [6.07, 6.45) is 3.94. The molecule has 0 radical (unpaired) electrons. The third kappa shape index (κ3) is 2.54. The van der Waals surface area contributed by atoms with Gasteiger partial charge in [0.25, 0.3) is 0 Å². The summed E-state index contributed by atoms with van der Waals surface area (Å²) >= 11 is 0. The molecule has 1 aliphatic rings. The zero-order valence-corrected chi connectivity index (χ0v) is 11.8. The first-order valence-electron chi connectivity index (χ1n) is 7.12. The first kappa shape index (κ1) is 13.4. The smallest absolute Gasteiger partial charge is 0.119 e. The predicted octanol–water partition coefficient (Wildman–Crippen LogP) is 3.36. The standard InChI is InChI=1S/C16H25NO/c1-4-13-10-16(11-13,12-17-3)14-6-8-15(9-7-14)18-5-2/h6-9,13,17H,4-5,10-12H2,1-3H3. The summed E-state index contributed by atoms with van der Waals surface area (Å²) in [7, 11) is 2.05. The Kier molecular flexibility index (Phi) is 4.28. The molecule has 1 fully saturated rings. The zero-order chi connectivity index (χ0) is 13.0. The van der Waals surface area contributed by atoms with Gasteiger partial charge in [-0.05, 0) is 50.4 Å². The number of rotatable bonds is 6. The van der Waals surface area contributed by atoms with Crippen LogP contribution in [0.15, 0.2) is 24.3 Å². The van der Waals surface area contributed by atoms with Crippen molar-refractivity contribution in [2.45, 2.75) is 38.5 Å². The third-order valence-corrected chi connectivity index (χ3v) is 4.23. The van der Waals surface area contributed by atoms with Crippen molar-refractivity contribution in [3.05, 3.63) is 29.8 Å². The van der Waals surface area contributed by atoms with E-state index < -0.39 is 0 Å². The second-order valence-corrected chi connectivity index (χ2v) is 5.45. The van der Waals surface area contributed by atoms with Gasteiger partial charge in [-0.15, -0.1) is 0 Å². The van der Waals surface area contributed by atoms with Crippen LogP contribution >= 0.6 is 0 Å². The SMILES string of the molecule is CCOc1ccc(C2(CNC)CC(CC)C2)cc1. The fraction of sp³-hybridized carbons (Fsp3) is 0.625. The average Bonchev–Trinajstić information content (AvgIpc) is 2.35. The summed E-state index contributed by atoms with van der Waals surface area (Å²) in [5.74, 6) is 1.89. The quantitative estimate of drug-likeness (QED) is 0.832. The fourth-order valence-electron chi connectivity index (χ4n) is 3.23. The molecule has 1 aliphatic carbocycles. The van der Waals surface area contributed by atoms with Crippen molar-refractivity contribution in [1.82, 2.24) is 5.32 Å². The Hall–Kier alpha value is -1.02. The summed E-state index contributed by atoms with van der Waals surface area (Å²) in [6.45, 7) is 6.14. The Morgan fingerprint density at radius 2 is 1.89 bits per heavy atom. The molecule has 0 unspecified atom stereocenters. The molecule has 0 aliphatic heterocycles. The van der Waals surface area contributed by atoms with Crippen LogP contribution in [0, 0.1) is 5.92 Å². The first-order chi connectivity index (χ1) is 8.74. The predicted molar refractivity (Wildman–Crippen MR) is 76.2 cm³/mol. The normalized spacial score (nSPS) is 26.7. The van der Waals surface area contributed by atoms with Gasteiger partial charge in [-0.25, -0.2) is 0 Å². The molecule has 1 N–H and O–H groups in total. The number of nitrogens with one attached hydrogen (secondary N) is 1. The molecular formula is C16H25NO. The lowest BCUT2D eigenvalue weighted by Crippen LogP contribution is -2.47. The molecule has 1 aromatic rings. The van der Waals surface area contributed by atoms with E-state index in [9.17, 15) is 0 Å². The Morgan fingerprint density at radius 3 is 2.39 bits per heavy atom. The van der Waals surface area contributed by atoms with Gasteiger partial charge in [-0.3, -0.25) is 0 Å². The number of hydrogen-bond acceptors (Lipinski definition) is 2. The van der Waals surface area contributed by atoms with E-state index in [0.717, 1.165) is 24.8 Å². The molecule has 0 amide bonds. The molecule has 0 heterocycles. The Labute approximate surface area is 111 Å². The Morgan fingerprint density at radius 1 is 1.22 bits per heavy atom. The van der Waals surface area contributed by atoms with Crippen LogP contribution in [-0.4, -0.2) is 20.2 Å². The molecule has 0 aromatic heterocycles. The number of likely N-dealkylation sites (N-methyl/N-ethyl adjacent to an activating group) is 1. The van der Waals surface area contributed by atoms with Crippen LogP contribution in [0.1, 0.15) is 38.7 Å². The van der Waals surface area contributed by atoms with Gasteiger partial charge < -0.3 is 10.1 Å². The second-order valence-electron chi connectivity index (χ2n) is 5.45. The Balaban J connectivity index is 2.12. The highest BCUT2D eigenvalue weighted by molar-refractivity contribution is 5.35. The lowest BCUT2D eigenvalue weighted by atomic mass is 9.58. The molecule has 100 valence electrons. The van der Waals surface area contributed by atoms with Crippen LogP contribution in [0.3, 0.4) is 0 Å². The Bertz CT molecular complexity index is 365. The number of benzene rings is 1. The van der Waals surface area contributed by atoms with E-state index >= 15 is 0 Å². The fourth-order valence-corrected chi connectivity index (χ4v) is 3.23. The first-order valence-corrected chi connectivity index (χ1v) is 7.12. The van der Waals surface area contributed by atoms with Gasteiger partial charge in [0.15, 0.2) is 0 Å². The molecule has 2 nitrogen and oxygen atoms in total. The lowest BCUT2D eigenvalue weighted by molar-refractivity contribution is 0.136. The van der Waals surface area contributed by atoms with Gasteiger partial charge >= 0.3 is 0 Å². The van der Waals surface area contributed by atoms with Crippen molar-refractivity contribution in [3.8, 4) is 5.75 Å². The zero-order valence-electron chi connectivity index (χ0n) is 11.8. The molecular weight excluding hydrogens is 222 g/mol. The van der Waals surface area contributed by atoms with E-state index in [1.165, 1.54) is 24.8 Å². The van der Waals surface area contributed by atoms with Crippen molar-refractivity contribution >= 4 is 0 Å². The van der Waals surface area contributed by atoms with E-state index in [1.54, 1.807) is 0 Å². The van der Waals surface area contributed by atoms with E-state index in [1.807, 2.05) is 6.92 Å². The molecule has 1 aromatic carbocycles. The van der Waals surface area contributed by atoms with Crippen molar-refractivity contribution < 1.29 is 4.74 Å². The van der Waals surface area contributed by atoms with Gasteiger partial charge in [-0.1, -0.05) is 25.5 Å². The molecule has 1 saturated carbocycles. The molecule has 2 heteroatoms. The van der Waals surface area contributed by atoms with Crippen molar-refractivity contribution in [1.29, 1.82) is 0 Å². The van der Waals surface area contributed by atoms with E-state index in [4.69, 9.17) is 4.74 Å². The van der Waals surface area contributed by atoms with Crippen LogP contribution in [0.2, 0.25) is 0 Å². The lowest BCUT2D eigenvalue weighted by Gasteiger charge is -2.48. The van der Waals surface area contributed by atoms with Crippen LogP contribution in [0.5, 0.6) is 5.75 Å². The molecule has 0 atom stereocenters. The molecule has 0 bridgehead atoms. The van der Waals surface area contributed by atoms with E-state index in [-0.39, 0.29) is 0 Å². The summed E-state index contributed by atoms with van der Waals surface area (Å²) in [6, 6.07) is 8.70. The van der Waals surface area contributed by atoms with Crippen molar-refractivity contribution in [2.75, 3.05) is 20.2 Å². The van der Waals surface area contributed by atoms with Crippen LogP contribution < -0.4 is 10.1 Å². The maximum absolute atomic E-state index is 5.51. The average molecular weight is 247 g/mol. The van der Waals surface area contributed by atoms with Gasteiger partial charge in [-0.2, -0.15) is 0 Å². The van der Waals surface area contributed by atoms with Crippen molar-refractivity contribution in [3.63, 3.8) is 0 Å². The minimum atomic E-state index is 0.361. The monoisotopic (exact) mass is 247 g/mol. The highest BCUT2D eigenvalue weighted by Crippen LogP contribution is 2.48. The van der Waals surface area contributed by atoms with E-state index in [2.05, 4.69) is 43.6 Å². The minimum Gasteiger partial charge on any atom is -0.494 e. The maximum Gasteiger partial charge on any atom is 0.119 e. The maximum atomic E-state index is 5.51. The molecule has 2 rings (SSSR count). The molecule has 0 spiro atoms. The molecule has 0 saturated heterocycles. The van der Waals surface area contributed by atoms with Crippen LogP contribution in [0.25, 0.3) is 0 Å². The number of hydrogen-bond donors (Lipinski definition) is 1.